The normalized spacial score (nSPS) is 11.2. The number of aliphatic hydroxyl groups excluding tert-OH is 2. The van der Waals surface area contributed by atoms with Crippen LogP contribution >= 0.6 is 0 Å². The lowest BCUT2D eigenvalue weighted by Crippen LogP contribution is -2.42. The lowest BCUT2D eigenvalue weighted by atomic mass is 10.0. The van der Waals surface area contributed by atoms with Crippen LogP contribution in [-0.2, 0) is 0 Å². The first-order chi connectivity index (χ1) is 8.95. The van der Waals surface area contributed by atoms with Gasteiger partial charge in [0.2, 0.25) is 0 Å². The molecule has 0 saturated carbocycles. The summed E-state index contributed by atoms with van der Waals surface area (Å²) in [6.45, 7) is 3.59. The zero-order valence-electron chi connectivity index (χ0n) is 11.2. The molecule has 0 radical (unpaired) electrons. The lowest BCUT2D eigenvalue weighted by Gasteiger charge is -2.28. The molecule has 0 saturated heterocycles. The molecule has 0 unspecified atom stereocenters. The van der Waals surface area contributed by atoms with Gasteiger partial charge in [-0.05, 0) is 32.0 Å². The van der Waals surface area contributed by atoms with E-state index in [0.29, 0.717) is 23.5 Å². The van der Waals surface area contributed by atoms with Crippen LogP contribution in [0.1, 0.15) is 24.2 Å². The molecule has 0 fully saturated rings. The fourth-order valence-corrected chi connectivity index (χ4v) is 1.53. The summed E-state index contributed by atoms with van der Waals surface area (Å²) in [5.41, 5.74) is 6.43. The molecule has 0 aliphatic rings. The molecule has 0 heterocycles. The SMILES string of the molecule is CCNC(=O)c1ccc(NC(C)(CO)CO)c(N)c1. The second kappa shape index (κ2) is 6.40. The molecule has 0 aliphatic heterocycles. The van der Waals surface area contributed by atoms with Crippen molar-refractivity contribution in [3.8, 4) is 0 Å². The number of carbonyl (C=O) groups excluding carboxylic acids is 1. The first kappa shape index (κ1) is 15.3. The van der Waals surface area contributed by atoms with Crippen LogP contribution in [0.2, 0.25) is 0 Å². The van der Waals surface area contributed by atoms with Crippen molar-refractivity contribution in [3.05, 3.63) is 23.8 Å². The molecule has 1 amide bonds. The highest BCUT2D eigenvalue weighted by atomic mass is 16.3. The van der Waals surface area contributed by atoms with Gasteiger partial charge < -0.3 is 26.6 Å². The van der Waals surface area contributed by atoms with Crippen molar-refractivity contribution in [1.82, 2.24) is 5.32 Å². The smallest absolute Gasteiger partial charge is 0.251 e. The van der Waals surface area contributed by atoms with Crippen LogP contribution in [0.15, 0.2) is 18.2 Å². The van der Waals surface area contributed by atoms with Crippen molar-refractivity contribution in [2.45, 2.75) is 19.4 Å². The number of carbonyl (C=O) groups is 1. The first-order valence-corrected chi connectivity index (χ1v) is 6.13. The van der Waals surface area contributed by atoms with Gasteiger partial charge in [-0.15, -0.1) is 0 Å². The molecule has 1 rings (SSSR count). The van der Waals surface area contributed by atoms with Gasteiger partial charge in [-0.2, -0.15) is 0 Å². The van der Waals surface area contributed by atoms with Crippen LogP contribution in [-0.4, -0.2) is 41.4 Å². The minimum atomic E-state index is -0.860. The molecular weight excluding hydrogens is 246 g/mol. The van der Waals surface area contributed by atoms with Gasteiger partial charge in [0, 0.05) is 12.1 Å². The second-order valence-electron chi connectivity index (χ2n) is 4.66. The van der Waals surface area contributed by atoms with E-state index in [9.17, 15) is 15.0 Å². The first-order valence-electron chi connectivity index (χ1n) is 6.13. The van der Waals surface area contributed by atoms with E-state index < -0.39 is 5.54 Å². The van der Waals surface area contributed by atoms with Crippen LogP contribution < -0.4 is 16.4 Å². The van der Waals surface area contributed by atoms with Crippen LogP contribution in [0, 0.1) is 0 Å². The van der Waals surface area contributed by atoms with Gasteiger partial charge >= 0.3 is 0 Å². The summed E-state index contributed by atoms with van der Waals surface area (Å²) in [5, 5.41) is 24.1. The highest BCUT2D eigenvalue weighted by molar-refractivity contribution is 5.96. The Morgan fingerprint density at radius 3 is 2.47 bits per heavy atom. The third-order valence-electron chi connectivity index (χ3n) is 2.79. The molecule has 0 aliphatic carbocycles. The number of amides is 1. The molecular formula is C13H21N3O3. The summed E-state index contributed by atoms with van der Waals surface area (Å²) in [6.07, 6.45) is 0. The molecule has 1 aromatic rings. The quantitative estimate of drug-likeness (QED) is 0.472. The minimum Gasteiger partial charge on any atom is -0.397 e. The molecule has 0 atom stereocenters. The highest BCUT2D eigenvalue weighted by Crippen LogP contribution is 2.23. The number of nitrogens with one attached hydrogen (secondary N) is 2. The number of anilines is 2. The predicted octanol–water partition coefficient (Wildman–Crippen LogP) is 0.174. The van der Waals surface area contributed by atoms with Gasteiger partial charge in [0.05, 0.1) is 30.1 Å². The Morgan fingerprint density at radius 2 is 2.00 bits per heavy atom. The van der Waals surface area contributed by atoms with Crippen LogP contribution in [0.5, 0.6) is 0 Å². The third kappa shape index (κ3) is 3.84. The van der Waals surface area contributed by atoms with Gasteiger partial charge in [-0.1, -0.05) is 0 Å². The predicted molar refractivity (Wildman–Crippen MR) is 75.1 cm³/mol. The summed E-state index contributed by atoms with van der Waals surface area (Å²) in [7, 11) is 0. The van der Waals surface area contributed by atoms with Crippen LogP contribution in [0.3, 0.4) is 0 Å². The second-order valence-corrected chi connectivity index (χ2v) is 4.66. The van der Waals surface area contributed by atoms with Gasteiger partial charge in [0.15, 0.2) is 0 Å². The van der Waals surface area contributed by atoms with Gasteiger partial charge in [0.25, 0.3) is 5.91 Å². The van der Waals surface area contributed by atoms with E-state index in [0.717, 1.165) is 0 Å². The maximum atomic E-state index is 11.6. The van der Waals surface area contributed by atoms with Gasteiger partial charge in [-0.3, -0.25) is 4.79 Å². The number of aliphatic hydroxyl groups is 2. The zero-order valence-corrected chi connectivity index (χ0v) is 11.2. The fourth-order valence-electron chi connectivity index (χ4n) is 1.53. The van der Waals surface area contributed by atoms with Crippen molar-refractivity contribution < 1.29 is 15.0 Å². The Kier molecular flexibility index (Phi) is 5.14. The molecule has 6 heteroatoms. The number of hydrogen-bond donors (Lipinski definition) is 5. The molecule has 106 valence electrons. The van der Waals surface area contributed by atoms with E-state index >= 15 is 0 Å². The summed E-state index contributed by atoms with van der Waals surface area (Å²) >= 11 is 0. The maximum Gasteiger partial charge on any atom is 0.251 e. The summed E-state index contributed by atoms with van der Waals surface area (Å²) in [6, 6.07) is 4.85. The van der Waals surface area contributed by atoms with Crippen LogP contribution in [0.4, 0.5) is 11.4 Å². The molecule has 19 heavy (non-hydrogen) atoms. The van der Waals surface area contributed by atoms with E-state index in [-0.39, 0.29) is 19.1 Å². The molecule has 0 spiro atoms. The summed E-state index contributed by atoms with van der Waals surface area (Å²) in [5.74, 6) is -0.187. The number of nitrogens with two attached hydrogens (primary N) is 1. The molecule has 6 nitrogen and oxygen atoms in total. The largest absolute Gasteiger partial charge is 0.397 e. The number of hydrogen-bond acceptors (Lipinski definition) is 5. The number of nitrogen functional groups attached to an aromatic ring is 1. The maximum absolute atomic E-state index is 11.6. The average Bonchev–Trinajstić information content (AvgIpc) is 2.41. The minimum absolute atomic E-state index is 0.187. The monoisotopic (exact) mass is 267 g/mol. The molecule has 1 aromatic carbocycles. The van der Waals surface area contributed by atoms with E-state index in [2.05, 4.69) is 10.6 Å². The van der Waals surface area contributed by atoms with Gasteiger partial charge in [0.1, 0.15) is 0 Å². The Bertz CT molecular complexity index is 445. The standard InChI is InChI=1S/C13H21N3O3/c1-3-15-12(19)9-4-5-11(10(14)6-9)16-13(2,7-17)8-18/h4-6,16-18H,3,7-8,14H2,1-2H3,(H,15,19). The Balaban J connectivity index is 2.92. The van der Waals surface area contributed by atoms with Gasteiger partial charge in [-0.25, -0.2) is 0 Å². The molecule has 6 N–H and O–H groups in total. The average molecular weight is 267 g/mol. The Labute approximate surface area is 112 Å². The lowest BCUT2D eigenvalue weighted by molar-refractivity contribution is 0.0956. The van der Waals surface area contributed by atoms with Crippen molar-refractivity contribution in [1.29, 1.82) is 0 Å². The third-order valence-corrected chi connectivity index (χ3v) is 2.79. The zero-order chi connectivity index (χ0) is 14.5. The van der Waals surface area contributed by atoms with Crippen molar-refractivity contribution in [2.24, 2.45) is 0 Å². The van der Waals surface area contributed by atoms with E-state index in [1.165, 1.54) is 0 Å². The number of benzene rings is 1. The van der Waals surface area contributed by atoms with E-state index in [1.807, 2.05) is 6.92 Å². The van der Waals surface area contributed by atoms with Crippen molar-refractivity contribution in [3.63, 3.8) is 0 Å². The topological polar surface area (TPSA) is 108 Å². The highest BCUT2D eigenvalue weighted by Gasteiger charge is 2.22. The summed E-state index contributed by atoms with van der Waals surface area (Å²) < 4.78 is 0. The molecule has 0 aromatic heterocycles. The van der Waals surface area contributed by atoms with E-state index in [1.54, 1.807) is 25.1 Å². The Morgan fingerprint density at radius 1 is 1.37 bits per heavy atom. The number of rotatable bonds is 6. The van der Waals surface area contributed by atoms with Crippen LogP contribution in [0.25, 0.3) is 0 Å². The van der Waals surface area contributed by atoms with Crippen molar-refractivity contribution in [2.75, 3.05) is 30.8 Å². The summed E-state index contributed by atoms with van der Waals surface area (Å²) in [4.78, 5) is 11.6. The Hall–Kier alpha value is -1.79. The van der Waals surface area contributed by atoms with Crippen molar-refractivity contribution >= 4 is 17.3 Å². The fraction of sp³-hybridized carbons (Fsp3) is 0.462. The van der Waals surface area contributed by atoms with E-state index in [4.69, 9.17) is 5.73 Å². The molecule has 0 bridgehead atoms.